The number of allylic oxidation sites excluding steroid dienone is 1. The minimum absolute atomic E-state index is 0.0134. The Balaban J connectivity index is 2.31. The Morgan fingerprint density at radius 2 is 1.65 bits per heavy atom. The van der Waals surface area contributed by atoms with E-state index in [1.165, 1.54) is 17.7 Å². The molecule has 0 unspecified atom stereocenters. The van der Waals surface area contributed by atoms with Gasteiger partial charge >= 0.3 is 0 Å². The fraction of sp³-hybridized carbons (Fsp3) is 0.167. The van der Waals surface area contributed by atoms with Crippen molar-refractivity contribution in [1.29, 1.82) is 0 Å². The van der Waals surface area contributed by atoms with E-state index < -0.39 is 0 Å². The summed E-state index contributed by atoms with van der Waals surface area (Å²) in [4.78, 5) is 12.1. The highest BCUT2D eigenvalue weighted by Gasteiger charge is 2.07. The molecule has 0 aromatic heterocycles. The van der Waals surface area contributed by atoms with E-state index >= 15 is 0 Å². The van der Waals surface area contributed by atoms with Gasteiger partial charge in [0, 0.05) is 0 Å². The first-order valence-corrected chi connectivity index (χ1v) is 6.57. The number of rotatable bonds is 3. The SMILES string of the molecule is Cc1cc(C)c(/C=C/C(=O)c2ccccc2O)c(C)c1. The molecule has 102 valence electrons. The Morgan fingerprint density at radius 1 is 1.05 bits per heavy atom. The summed E-state index contributed by atoms with van der Waals surface area (Å²) >= 11 is 0. The van der Waals surface area contributed by atoms with Crippen LogP contribution < -0.4 is 0 Å². The molecule has 2 nitrogen and oxygen atoms in total. The molecule has 0 aliphatic rings. The highest BCUT2D eigenvalue weighted by Crippen LogP contribution is 2.20. The van der Waals surface area contributed by atoms with E-state index in [4.69, 9.17) is 0 Å². The van der Waals surface area contributed by atoms with Crippen LogP contribution in [-0.4, -0.2) is 10.9 Å². The number of phenolic OH excluding ortho intramolecular Hbond substituents is 1. The van der Waals surface area contributed by atoms with E-state index in [9.17, 15) is 9.90 Å². The molecule has 0 heterocycles. The standard InChI is InChI=1S/C18H18O2/c1-12-10-13(2)15(14(3)11-12)8-9-18(20)16-6-4-5-7-17(16)19/h4-11,19H,1-3H3/b9-8+. The Labute approximate surface area is 119 Å². The lowest BCUT2D eigenvalue weighted by Crippen LogP contribution is -1.95. The molecule has 0 aliphatic heterocycles. The van der Waals surface area contributed by atoms with Crippen LogP contribution in [0.25, 0.3) is 6.08 Å². The fourth-order valence-corrected chi connectivity index (χ4v) is 2.38. The number of hydrogen-bond donors (Lipinski definition) is 1. The second-order valence-corrected chi connectivity index (χ2v) is 5.03. The monoisotopic (exact) mass is 266 g/mol. The van der Waals surface area contributed by atoms with Crippen molar-refractivity contribution in [3.63, 3.8) is 0 Å². The Kier molecular flexibility index (Phi) is 4.04. The highest BCUT2D eigenvalue weighted by atomic mass is 16.3. The lowest BCUT2D eigenvalue weighted by Gasteiger charge is -2.07. The van der Waals surface area contributed by atoms with Crippen molar-refractivity contribution < 1.29 is 9.90 Å². The van der Waals surface area contributed by atoms with E-state index in [2.05, 4.69) is 19.1 Å². The van der Waals surface area contributed by atoms with Gasteiger partial charge in [-0.2, -0.15) is 0 Å². The number of benzene rings is 2. The molecule has 0 fully saturated rings. The van der Waals surface area contributed by atoms with Gasteiger partial charge in [-0.15, -0.1) is 0 Å². The number of aromatic hydroxyl groups is 1. The van der Waals surface area contributed by atoms with E-state index in [1.54, 1.807) is 18.2 Å². The Hall–Kier alpha value is -2.35. The molecule has 20 heavy (non-hydrogen) atoms. The predicted octanol–water partition coefficient (Wildman–Crippen LogP) is 4.21. The van der Waals surface area contributed by atoms with Crippen LogP contribution in [0.3, 0.4) is 0 Å². The van der Waals surface area contributed by atoms with Gasteiger partial charge in [-0.25, -0.2) is 0 Å². The molecule has 2 aromatic rings. The third-order valence-corrected chi connectivity index (χ3v) is 3.31. The van der Waals surface area contributed by atoms with Crippen molar-refractivity contribution in [2.75, 3.05) is 0 Å². The molecule has 0 saturated heterocycles. The van der Waals surface area contributed by atoms with Crippen LogP contribution in [0.5, 0.6) is 5.75 Å². The van der Waals surface area contributed by atoms with Gasteiger partial charge in [0.25, 0.3) is 0 Å². The van der Waals surface area contributed by atoms with Crippen molar-refractivity contribution >= 4 is 11.9 Å². The van der Waals surface area contributed by atoms with E-state index in [0.717, 1.165) is 16.7 Å². The van der Waals surface area contributed by atoms with Crippen molar-refractivity contribution in [2.24, 2.45) is 0 Å². The average Bonchev–Trinajstić information content (AvgIpc) is 2.37. The molecule has 2 heteroatoms. The number of hydrogen-bond acceptors (Lipinski definition) is 2. The predicted molar refractivity (Wildman–Crippen MR) is 82.1 cm³/mol. The molecule has 0 spiro atoms. The van der Waals surface area contributed by atoms with Crippen LogP contribution in [0.2, 0.25) is 0 Å². The zero-order chi connectivity index (χ0) is 14.7. The van der Waals surface area contributed by atoms with Gasteiger partial charge < -0.3 is 5.11 Å². The first kappa shape index (κ1) is 14.1. The van der Waals surface area contributed by atoms with Gasteiger partial charge in [-0.1, -0.05) is 35.9 Å². The van der Waals surface area contributed by atoms with Gasteiger partial charge in [-0.3, -0.25) is 4.79 Å². The van der Waals surface area contributed by atoms with E-state index in [1.807, 2.05) is 19.9 Å². The smallest absolute Gasteiger partial charge is 0.189 e. The van der Waals surface area contributed by atoms with Crippen molar-refractivity contribution in [3.8, 4) is 5.75 Å². The fourth-order valence-electron chi connectivity index (χ4n) is 2.38. The summed E-state index contributed by atoms with van der Waals surface area (Å²) in [6.45, 7) is 6.12. The summed E-state index contributed by atoms with van der Waals surface area (Å²) in [5.74, 6) is -0.179. The third-order valence-electron chi connectivity index (χ3n) is 3.31. The summed E-state index contributed by atoms with van der Waals surface area (Å²) in [5, 5.41) is 9.67. The molecule has 0 bridgehead atoms. The molecule has 0 saturated carbocycles. The van der Waals surface area contributed by atoms with Crippen LogP contribution in [0.4, 0.5) is 0 Å². The molecule has 0 radical (unpaired) electrons. The maximum absolute atomic E-state index is 12.1. The van der Waals surface area contributed by atoms with Crippen LogP contribution in [0.1, 0.15) is 32.6 Å². The summed E-state index contributed by atoms with van der Waals surface area (Å²) in [7, 11) is 0. The zero-order valence-corrected chi connectivity index (χ0v) is 12.0. The lowest BCUT2D eigenvalue weighted by molar-refractivity contribution is 0.104. The van der Waals surface area contributed by atoms with Gasteiger partial charge in [0.1, 0.15) is 5.75 Å². The molecular formula is C18H18O2. The molecular weight excluding hydrogens is 248 g/mol. The summed E-state index contributed by atoms with van der Waals surface area (Å²) in [6.07, 6.45) is 3.33. The van der Waals surface area contributed by atoms with Crippen LogP contribution in [0, 0.1) is 20.8 Å². The molecule has 0 amide bonds. The van der Waals surface area contributed by atoms with Gasteiger partial charge in [0.2, 0.25) is 0 Å². The lowest BCUT2D eigenvalue weighted by atomic mass is 9.98. The largest absolute Gasteiger partial charge is 0.507 e. The number of aryl methyl sites for hydroxylation is 3. The van der Waals surface area contributed by atoms with Crippen LogP contribution >= 0.6 is 0 Å². The molecule has 0 aliphatic carbocycles. The quantitative estimate of drug-likeness (QED) is 0.667. The van der Waals surface area contributed by atoms with Gasteiger partial charge in [-0.05, 0) is 55.7 Å². The molecule has 2 rings (SSSR count). The maximum atomic E-state index is 12.1. The van der Waals surface area contributed by atoms with Crippen LogP contribution in [-0.2, 0) is 0 Å². The second kappa shape index (κ2) is 5.74. The third kappa shape index (κ3) is 2.97. The molecule has 1 N–H and O–H groups in total. The average molecular weight is 266 g/mol. The Morgan fingerprint density at radius 3 is 2.25 bits per heavy atom. The first-order valence-electron chi connectivity index (χ1n) is 6.57. The van der Waals surface area contributed by atoms with Crippen molar-refractivity contribution in [2.45, 2.75) is 20.8 Å². The normalized spacial score (nSPS) is 10.9. The Bertz CT molecular complexity index is 659. The second-order valence-electron chi connectivity index (χ2n) is 5.03. The van der Waals surface area contributed by atoms with Gasteiger partial charge in [0.15, 0.2) is 5.78 Å². The van der Waals surface area contributed by atoms with Crippen molar-refractivity contribution in [3.05, 3.63) is 70.3 Å². The molecule has 0 atom stereocenters. The minimum atomic E-state index is -0.192. The summed E-state index contributed by atoms with van der Waals surface area (Å²) in [6, 6.07) is 10.8. The first-order chi connectivity index (χ1) is 9.49. The number of ketones is 1. The van der Waals surface area contributed by atoms with E-state index in [-0.39, 0.29) is 11.5 Å². The topological polar surface area (TPSA) is 37.3 Å². The number of carbonyl (C=O) groups is 1. The summed E-state index contributed by atoms with van der Waals surface area (Å²) in [5.41, 5.74) is 4.88. The molecule has 2 aromatic carbocycles. The maximum Gasteiger partial charge on any atom is 0.189 e. The highest BCUT2D eigenvalue weighted by molar-refractivity contribution is 6.08. The zero-order valence-electron chi connectivity index (χ0n) is 12.0. The number of phenols is 1. The number of carbonyl (C=O) groups excluding carboxylic acids is 1. The number of para-hydroxylation sites is 1. The van der Waals surface area contributed by atoms with Crippen LogP contribution in [0.15, 0.2) is 42.5 Å². The minimum Gasteiger partial charge on any atom is -0.507 e. The summed E-state index contributed by atoms with van der Waals surface area (Å²) < 4.78 is 0. The van der Waals surface area contributed by atoms with Gasteiger partial charge in [0.05, 0.1) is 5.56 Å². The van der Waals surface area contributed by atoms with E-state index in [0.29, 0.717) is 5.56 Å². The van der Waals surface area contributed by atoms with Crippen molar-refractivity contribution in [1.82, 2.24) is 0 Å².